The molecule has 1 aromatic carbocycles. The van der Waals surface area contributed by atoms with E-state index in [9.17, 15) is 9.59 Å². The lowest BCUT2D eigenvalue weighted by molar-refractivity contribution is -0.140. The van der Waals surface area contributed by atoms with Crippen LogP contribution in [-0.4, -0.2) is 53.5 Å². The predicted octanol–water partition coefficient (Wildman–Crippen LogP) is 4.33. The van der Waals surface area contributed by atoms with E-state index in [4.69, 9.17) is 0 Å². The van der Waals surface area contributed by atoms with Crippen molar-refractivity contribution in [3.8, 4) is 0 Å². The Bertz CT molecular complexity index is 667. The molecule has 4 nitrogen and oxygen atoms in total. The first kappa shape index (κ1) is 21.2. The molecule has 3 rings (SSSR count). The van der Waals surface area contributed by atoms with E-state index in [2.05, 4.69) is 45.0 Å². The van der Waals surface area contributed by atoms with Crippen LogP contribution in [0.5, 0.6) is 0 Å². The van der Waals surface area contributed by atoms with Crippen molar-refractivity contribution in [2.24, 2.45) is 5.92 Å². The molecule has 2 amide bonds. The van der Waals surface area contributed by atoms with Gasteiger partial charge in [0.15, 0.2) is 0 Å². The highest BCUT2D eigenvalue weighted by Crippen LogP contribution is 2.27. The van der Waals surface area contributed by atoms with Crippen molar-refractivity contribution in [3.63, 3.8) is 0 Å². The average Bonchev–Trinajstić information content (AvgIpc) is 2.72. The molecule has 2 saturated heterocycles. The van der Waals surface area contributed by atoms with Gasteiger partial charge < -0.3 is 9.80 Å². The van der Waals surface area contributed by atoms with E-state index in [-0.39, 0.29) is 17.2 Å². The second kappa shape index (κ2) is 9.34. The second-order valence-electron chi connectivity index (χ2n) is 9.10. The summed E-state index contributed by atoms with van der Waals surface area (Å²) in [6.45, 7) is 9.89. The van der Waals surface area contributed by atoms with E-state index >= 15 is 0 Å². The summed E-state index contributed by atoms with van der Waals surface area (Å²) >= 11 is 1.60. The summed E-state index contributed by atoms with van der Waals surface area (Å²) in [6.07, 6.45) is 5.14. The summed E-state index contributed by atoms with van der Waals surface area (Å²) in [4.78, 5) is 30.4. The monoisotopic (exact) mass is 402 g/mol. The number of carbonyl (C=O) groups is 2. The van der Waals surface area contributed by atoms with Crippen LogP contribution >= 0.6 is 11.8 Å². The van der Waals surface area contributed by atoms with Gasteiger partial charge in [0.2, 0.25) is 11.8 Å². The molecule has 0 aromatic heterocycles. The van der Waals surface area contributed by atoms with Crippen LogP contribution in [0.25, 0.3) is 0 Å². The maximum Gasteiger partial charge on any atom is 0.232 e. The van der Waals surface area contributed by atoms with Gasteiger partial charge in [0.1, 0.15) is 0 Å². The molecule has 0 unspecified atom stereocenters. The Morgan fingerprint density at radius 2 is 1.54 bits per heavy atom. The van der Waals surface area contributed by atoms with Gasteiger partial charge in [-0.3, -0.25) is 9.59 Å². The quantitative estimate of drug-likeness (QED) is 0.704. The minimum Gasteiger partial charge on any atom is -0.342 e. The summed E-state index contributed by atoms with van der Waals surface area (Å²) < 4.78 is 0. The molecule has 0 atom stereocenters. The summed E-state index contributed by atoms with van der Waals surface area (Å²) in [5.41, 5.74) is 1.46. The fourth-order valence-corrected chi connectivity index (χ4v) is 4.84. The van der Waals surface area contributed by atoms with E-state index in [0.717, 1.165) is 43.7 Å². The van der Waals surface area contributed by atoms with Gasteiger partial charge in [0.05, 0.1) is 5.75 Å². The smallest absolute Gasteiger partial charge is 0.232 e. The molecule has 0 saturated carbocycles. The molecular formula is C23H34N2O2S. The molecule has 0 bridgehead atoms. The van der Waals surface area contributed by atoms with Crippen LogP contribution in [0.2, 0.25) is 0 Å². The molecule has 2 heterocycles. The standard InChI is InChI=1S/C23H34N2O2S/c1-23(2,3)19-7-9-20(10-8-19)28-17-21(26)24-15-11-18(12-16-24)22(27)25-13-5-4-6-14-25/h7-10,18H,4-6,11-17H2,1-3H3. The normalized spacial score (nSPS) is 19.0. The molecule has 2 fully saturated rings. The molecule has 2 aliphatic rings. The van der Waals surface area contributed by atoms with Gasteiger partial charge in [-0.25, -0.2) is 0 Å². The minimum atomic E-state index is 0.111. The maximum atomic E-state index is 12.7. The van der Waals surface area contributed by atoms with Crippen molar-refractivity contribution >= 4 is 23.6 Å². The highest BCUT2D eigenvalue weighted by molar-refractivity contribution is 8.00. The lowest BCUT2D eigenvalue weighted by Crippen LogP contribution is -2.46. The summed E-state index contributed by atoms with van der Waals surface area (Å²) in [5, 5.41) is 0. The van der Waals surface area contributed by atoms with Gasteiger partial charge in [-0.05, 0) is 55.2 Å². The topological polar surface area (TPSA) is 40.6 Å². The number of benzene rings is 1. The molecule has 0 radical (unpaired) electrons. The molecule has 1 aromatic rings. The van der Waals surface area contributed by atoms with Crippen LogP contribution in [0.15, 0.2) is 29.2 Å². The Balaban J connectivity index is 1.43. The number of nitrogens with zero attached hydrogens (tertiary/aromatic N) is 2. The van der Waals surface area contributed by atoms with Crippen LogP contribution < -0.4 is 0 Å². The van der Waals surface area contributed by atoms with Gasteiger partial charge in [0, 0.05) is 37.0 Å². The zero-order valence-corrected chi connectivity index (χ0v) is 18.4. The van der Waals surface area contributed by atoms with Crippen LogP contribution in [-0.2, 0) is 15.0 Å². The average molecular weight is 403 g/mol. The van der Waals surface area contributed by atoms with Crippen molar-refractivity contribution in [1.29, 1.82) is 0 Å². The van der Waals surface area contributed by atoms with Crippen molar-refractivity contribution in [1.82, 2.24) is 9.80 Å². The lowest BCUT2D eigenvalue weighted by atomic mass is 9.87. The number of amides is 2. The third-order valence-corrected chi connectivity index (χ3v) is 6.94. The second-order valence-corrected chi connectivity index (χ2v) is 10.2. The highest BCUT2D eigenvalue weighted by Gasteiger charge is 2.30. The predicted molar refractivity (Wildman–Crippen MR) is 116 cm³/mol. The van der Waals surface area contributed by atoms with Gasteiger partial charge in [0.25, 0.3) is 0 Å². The molecular weight excluding hydrogens is 368 g/mol. The number of rotatable bonds is 4. The Morgan fingerprint density at radius 1 is 0.929 bits per heavy atom. The maximum absolute atomic E-state index is 12.7. The van der Waals surface area contributed by atoms with E-state index in [1.165, 1.54) is 12.0 Å². The first-order chi connectivity index (χ1) is 13.3. The molecule has 5 heteroatoms. The Labute approximate surface area is 174 Å². The van der Waals surface area contributed by atoms with E-state index in [1.807, 2.05) is 9.80 Å². The van der Waals surface area contributed by atoms with Crippen molar-refractivity contribution in [2.75, 3.05) is 31.9 Å². The molecule has 2 aliphatic heterocycles. The summed E-state index contributed by atoms with van der Waals surface area (Å²) in [7, 11) is 0. The fourth-order valence-electron chi connectivity index (χ4n) is 4.04. The van der Waals surface area contributed by atoms with Crippen LogP contribution in [0, 0.1) is 5.92 Å². The zero-order valence-electron chi connectivity index (χ0n) is 17.6. The van der Waals surface area contributed by atoms with E-state index in [1.54, 1.807) is 11.8 Å². The van der Waals surface area contributed by atoms with Crippen LogP contribution in [0.3, 0.4) is 0 Å². The van der Waals surface area contributed by atoms with Crippen molar-refractivity contribution < 1.29 is 9.59 Å². The number of carbonyl (C=O) groups excluding carboxylic acids is 2. The third-order valence-electron chi connectivity index (χ3n) is 5.95. The summed E-state index contributed by atoms with van der Waals surface area (Å²) in [6, 6.07) is 8.54. The lowest BCUT2D eigenvalue weighted by Gasteiger charge is -2.35. The molecule has 0 aliphatic carbocycles. The highest BCUT2D eigenvalue weighted by atomic mass is 32.2. The van der Waals surface area contributed by atoms with Gasteiger partial charge >= 0.3 is 0 Å². The van der Waals surface area contributed by atoms with Gasteiger partial charge in [-0.1, -0.05) is 32.9 Å². The van der Waals surface area contributed by atoms with Gasteiger partial charge in [-0.15, -0.1) is 11.8 Å². The van der Waals surface area contributed by atoms with Crippen LogP contribution in [0.1, 0.15) is 58.4 Å². The van der Waals surface area contributed by atoms with E-state index < -0.39 is 0 Å². The van der Waals surface area contributed by atoms with Crippen molar-refractivity contribution in [3.05, 3.63) is 29.8 Å². The van der Waals surface area contributed by atoms with Crippen LogP contribution in [0.4, 0.5) is 0 Å². The largest absolute Gasteiger partial charge is 0.342 e. The van der Waals surface area contributed by atoms with E-state index in [0.29, 0.717) is 24.7 Å². The number of thioether (sulfide) groups is 1. The third kappa shape index (κ3) is 5.53. The Morgan fingerprint density at radius 3 is 2.11 bits per heavy atom. The number of hydrogen-bond donors (Lipinski definition) is 0. The molecule has 0 N–H and O–H groups in total. The van der Waals surface area contributed by atoms with Gasteiger partial charge in [-0.2, -0.15) is 0 Å². The first-order valence-electron chi connectivity index (χ1n) is 10.6. The Kier molecular flexibility index (Phi) is 7.08. The molecule has 28 heavy (non-hydrogen) atoms. The number of piperidine rings is 2. The Hall–Kier alpha value is -1.49. The fraction of sp³-hybridized carbons (Fsp3) is 0.652. The zero-order chi connectivity index (χ0) is 20.1. The molecule has 0 spiro atoms. The molecule has 154 valence electrons. The minimum absolute atomic E-state index is 0.111. The number of likely N-dealkylation sites (tertiary alicyclic amines) is 2. The summed E-state index contributed by atoms with van der Waals surface area (Å²) in [5.74, 6) is 1.09. The number of hydrogen-bond acceptors (Lipinski definition) is 3. The van der Waals surface area contributed by atoms with Crippen molar-refractivity contribution in [2.45, 2.75) is 63.2 Å². The SMILES string of the molecule is CC(C)(C)c1ccc(SCC(=O)N2CCC(C(=O)N3CCCCC3)CC2)cc1. The first-order valence-corrected chi connectivity index (χ1v) is 11.6.